The van der Waals surface area contributed by atoms with Crippen LogP contribution < -0.4 is 16.6 Å². The minimum Gasteiger partial charge on any atom is -0.480 e. The Morgan fingerprint density at radius 1 is 0.900 bits per heavy atom. The Hall–Kier alpha value is -4.30. The summed E-state index contributed by atoms with van der Waals surface area (Å²) in [4.78, 5) is 40.4. The predicted molar refractivity (Wildman–Crippen MR) is 159 cm³/mol. The van der Waals surface area contributed by atoms with E-state index in [-0.39, 0.29) is 5.91 Å². The van der Waals surface area contributed by atoms with Gasteiger partial charge in [-0.05, 0) is 66.6 Å². The number of fused-ring (bicyclic) bond motifs is 1. The van der Waals surface area contributed by atoms with E-state index in [1.165, 1.54) is 62.4 Å². The van der Waals surface area contributed by atoms with Crippen molar-refractivity contribution < 1.29 is 14.7 Å². The maximum Gasteiger partial charge on any atom is 0.323 e. The Kier molecular flexibility index (Phi) is 10.2. The highest BCUT2D eigenvalue weighted by Crippen LogP contribution is 2.29. The van der Waals surface area contributed by atoms with Crippen molar-refractivity contribution >= 4 is 28.3 Å². The lowest BCUT2D eigenvalue weighted by Gasteiger charge is -2.11. The van der Waals surface area contributed by atoms with Crippen LogP contribution in [0.15, 0.2) is 78.0 Å². The first kappa shape index (κ1) is 28.7. The zero-order chi connectivity index (χ0) is 28.3. The van der Waals surface area contributed by atoms with Gasteiger partial charge in [-0.3, -0.25) is 19.4 Å². The van der Waals surface area contributed by atoms with Gasteiger partial charge in [-0.2, -0.15) is 0 Å². The molecule has 0 fully saturated rings. The van der Waals surface area contributed by atoms with Gasteiger partial charge in [0.05, 0.1) is 5.69 Å². The molecular formula is C32H36N4O4. The number of carbonyl (C=O) groups excluding carboxylic acids is 1. The van der Waals surface area contributed by atoms with Crippen LogP contribution in [0.5, 0.6) is 0 Å². The third-order valence-corrected chi connectivity index (χ3v) is 6.98. The maximum atomic E-state index is 13.0. The average molecular weight is 541 g/mol. The van der Waals surface area contributed by atoms with Crippen LogP contribution in [0.2, 0.25) is 0 Å². The molecule has 0 spiro atoms. The number of carboxylic acid groups (broad SMARTS) is 1. The van der Waals surface area contributed by atoms with Gasteiger partial charge in [0.1, 0.15) is 6.54 Å². The van der Waals surface area contributed by atoms with Gasteiger partial charge in [-0.1, -0.05) is 56.4 Å². The Morgan fingerprint density at radius 2 is 1.68 bits per heavy atom. The Bertz CT molecular complexity index is 1530. The minimum atomic E-state index is -1.14. The molecule has 0 saturated heterocycles. The van der Waals surface area contributed by atoms with Crippen LogP contribution in [0.25, 0.3) is 21.9 Å². The number of nitrogens with zero attached hydrogens (tertiary/aromatic N) is 2. The molecule has 2 heterocycles. The van der Waals surface area contributed by atoms with Gasteiger partial charge in [0.25, 0.3) is 11.5 Å². The molecule has 0 radical (unpaired) electrons. The number of nitrogens with two attached hydrogens (primary N) is 1. The second kappa shape index (κ2) is 14.2. The summed E-state index contributed by atoms with van der Waals surface area (Å²) in [5.41, 5.74) is 8.97. The highest BCUT2D eigenvalue weighted by molar-refractivity contribution is 6.05. The van der Waals surface area contributed by atoms with E-state index in [9.17, 15) is 14.4 Å². The zero-order valence-corrected chi connectivity index (χ0v) is 22.6. The van der Waals surface area contributed by atoms with Crippen LogP contribution in [0.4, 0.5) is 5.69 Å². The third-order valence-electron chi connectivity index (χ3n) is 6.98. The molecule has 8 nitrogen and oxygen atoms in total. The summed E-state index contributed by atoms with van der Waals surface area (Å²) < 4.78 is 1.04. The number of anilines is 1. The quantitative estimate of drug-likeness (QED) is 0.178. The van der Waals surface area contributed by atoms with Crippen LogP contribution in [0.1, 0.15) is 60.9 Å². The number of carbonyl (C=O) groups is 2. The number of unbranched alkanes of at least 4 members (excludes halogenated alkanes) is 6. The van der Waals surface area contributed by atoms with E-state index < -0.39 is 18.1 Å². The molecule has 0 aliphatic heterocycles. The van der Waals surface area contributed by atoms with Gasteiger partial charge in [0, 0.05) is 41.2 Å². The number of carboxylic acids is 1. The first-order valence-corrected chi connectivity index (χ1v) is 13.9. The Morgan fingerprint density at radius 3 is 2.45 bits per heavy atom. The zero-order valence-electron chi connectivity index (χ0n) is 22.6. The lowest BCUT2D eigenvalue weighted by atomic mass is 9.96. The topological polar surface area (TPSA) is 127 Å². The average Bonchev–Trinajstić information content (AvgIpc) is 2.95. The van der Waals surface area contributed by atoms with E-state index >= 15 is 0 Å². The molecule has 0 bridgehead atoms. The van der Waals surface area contributed by atoms with Crippen molar-refractivity contribution in [2.24, 2.45) is 5.73 Å². The highest BCUT2D eigenvalue weighted by Gasteiger charge is 2.12. The number of pyridine rings is 2. The minimum absolute atomic E-state index is 0.335. The van der Waals surface area contributed by atoms with Crippen LogP contribution in [-0.2, 0) is 17.8 Å². The summed E-state index contributed by atoms with van der Waals surface area (Å²) in [5, 5.41) is 13.9. The van der Waals surface area contributed by atoms with Crippen molar-refractivity contribution in [3.05, 3.63) is 94.7 Å². The molecule has 40 heavy (non-hydrogen) atoms. The molecule has 2 aromatic carbocycles. The smallest absolute Gasteiger partial charge is 0.323 e. The fraction of sp³-hybridized carbons (Fsp3) is 0.312. The molecule has 4 rings (SSSR count). The van der Waals surface area contributed by atoms with Crippen molar-refractivity contribution in [2.75, 3.05) is 11.9 Å². The van der Waals surface area contributed by atoms with Crippen molar-refractivity contribution in [1.82, 2.24) is 9.55 Å². The molecule has 0 unspecified atom stereocenters. The predicted octanol–water partition coefficient (Wildman–Crippen LogP) is 5.63. The molecule has 8 heteroatoms. The summed E-state index contributed by atoms with van der Waals surface area (Å²) in [7, 11) is 0. The van der Waals surface area contributed by atoms with Crippen LogP contribution in [0.3, 0.4) is 0 Å². The lowest BCUT2D eigenvalue weighted by Crippen LogP contribution is -2.24. The van der Waals surface area contributed by atoms with Gasteiger partial charge in [0.2, 0.25) is 0 Å². The highest BCUT2D eigenvalue weighted by atomic mass is 16.4. The van der Waals surface area contributed by atoms with Gasteiger partial charge in [0.15, 0.2) is 0 Å². The van der Waals surface area contributed by atoms with Crippen molar-refractivity contribution in [2.45, 2.75) is 57.9 Å². The first-order chi connectivity index (χ1) is 19.4. The summed E-state index contributed by atoms with van der Waals surface area (Å²) in [6, 6.07) is 16.5. The van der Waals surface area contributed by atoms with Gasteiger partial charge >= 0.3 is 5.97 Å². The second-order valence-corrected chi connectivity index (χ2v) is 10.1. The summed E-state index contributed by atoms with van der Waals surface area (Å²) in [6.07, 6.45) is 14.6. The standard InChI is InChI=1S/C32H36N4O4/c33-16-7-5-3-1-2-4-6-9-23-12-14-28-26(17-23)19-34-20-29(28)24-10-8-11-25(18-24)32(40)35-27-13-15-30(37)36(21-27)22-31(38)39/h8,10-15,17-21H,1-7,9,16,22,33H2,(H,35,40)(H,38,39). The molecule has 1 amide bonds. The Balaban J connectivity index is 1.44. The lowest BCUT2D eigenvalue weighted by molar-refractivity contribution is -0.137. The fourth-order valence-electron chi connectivity index (χ4n) is 4.87. The number of hydrogen-bond acceptors (Lipinski definition) is 5. The molecule has 4 N–H and O–H groups in total. The number of benzene rings is 2. The van der Waals surface area contributed by atoms with Crippen LogP contribution >= 0.6 is 0 Å². The normalized spacial score (nSPS) is 11.0. The van der Waals surface area contributed by atoms with Gasteiger partial charge in [-0.15, -0.1) is 0 Å². The van der Waals surface area contributed by atoms with E-state index in [2.05, 4.69) is 28.5 Å². The molecule has 0 aliphatic carbocycles. The van der Waals surface area contributed by atoms with Crippen molar-refractivity contribution in [3.63, 3.8) is 0 Å². The number of nitrogens with one attached hydrogen (secondary N) is 1. The maximum absolute atomic E-state index is 13.0. The van der Waals surface area contributed by atoms with Crippen molar-refractivity contribution in [1.29, 1.82) is 0 Å². The number of aryl methyl sites for hydroxylation is 1. The SMILES string of the molecule is NCCCCCCCCCc1ccc2c(-c3cccc(C(=O)Nc4ccc(=O)n(CC(=O)O)c4)c3)cncc2c1. The molecule has 2 aromatic heterocycles. The second-order valence-electron chi connectivity index (χ2n) is 10.1. The molecule has 0 aliphatic rings. The third kappa shape index (κ3) is 7.86. The molecule has 4 aromatic rings. The monoisotopic (exact) mass is 540 g/mol. The van der Waals surface area contributed by atoms with E-state index in [0.717, 1.165) is 45.9 Å². The summed E-state index contributed by atoms with van der Waals surface area (Å²) in [5.74, 6) is -1.50. The molecule has 0 atom stereocenters. The van der Waals surface area contributed by atoms with Crippen molar-refractivity contribution in [3.8, 4) is 11.1 Å². The molecule has 208 valence electrons. The largest absolute Gasteiger partial charge is 0.480 e. The number of rotatable bonds is 14. The van der Waals surface area contributed by atoms with E-state index in [0.29, 0.717) is 11.3 Å². The Labute approximate surface area is 233 Å². The summed E-state index contributed by atoms with van der Waals surface area (Å²) >= 11 is 0. The van der Waals surface area contributed by atoms with Crippen LogP contribution in [0, 0.1) is 0 Å². The number of amides is 1. The first-order valence-electron chi connectivity index (χ1n) is 13.9. The number of aromatic nitrogens is 2. The fourth-order valence-corrected chi connectivity index (χ4v) is 4.87. The van der Waals surface area contributed by atoms with E-state index in [4.69, 9.17) is 10.8 Å². The van der Waals surface area contributed by atoms with E-state index in [1.54, 1.807) is 12.1 Å². The molecular weight excluding hydrogens is 504 g/mol. The van der Waals surface area contributed by atoms with Gasteiger partial charge in [-0.25, -0.2) is 0 Å². The van der Waals surface area contributed by atoms with E-state index in [1.807, 2.05) is 24.5 Å². The number of hydrogen-bond donors (Lipinski definition) is 3. The number of aliphatic carboxylic acids is 1. The van der Waals surface area contributed by atoms with Crippen LogP contribution in [-0.4, -0.2) is 33.1 Å². The summed E-state index contributed by atoms with van der Waals surface area (Å²) in [6.45, 7) is 0.305. The molecule has 0 saturated carbocycles. The van der Waals surface area contributed by atoms with Gasteiger partial charge < -0.3 is 20.7 Å².